The minimum Gasteiger partial charge on any atom is -0.372 e. The Morgan fingerprint density at radius 2 is 1.64 bits per heavy atom. The van der Waals surface area contributed by atoms with Crippen LogP contribution in [0.15, 0.2) is 24.3 Å². The van der Waals surface area contributed by atoms with Gasteiger partial charge in [-0.3, -0.25) is 0 Å². The van der Waals surface area contributed by atoms with Gasteiger partial charge >= 0.3 is 6.03 Å². The van der Waals surface area contributed by atoms with Crippen LogP contribution in [0.25, 0.3) is 0 Å². The molecule has 0 radical (unpaired) electrons. The first-order valence-electron chi connectivity index (χ1n) is 8.65. The summed E-state index contributed by atoms with van der Waals surface area (Å²) < 4.78 is 0. The molecule has 4 nitrogen and oxygen atoms in total. The summed E-state index contributed by atoms with van der Waals surface area (Å²) >= 11 is 0. The number of rotatable bonds is 6. The fourth-order valence-electron chi connectivity index (χ4n) is 2.96. The third-order valence-corrected chi connectivity index (χ3v) is 4.11. The number of carbonyl (C=O) groups is 1. The van der Waals surface area contributed by atoms with Gasteiger partial charge in [0.05, 0.1) is 0 Å². The van der Waals surface area contributed by atoms with E-state index in [-0.39, 0.29) is 6.03 Å². The van der Waals surface area contributed by atoms with Crippen molar-refractivity contribution in [3.8, 4) is 0 Å². The Bertz CT molecular complexity index is 446. The second-order valence-corrected chi connectivity index (χ2v) is 6.01. The first kappa shape index (κ1) is 16.7. The molecule has 22 heavy (non-hydrogen) atoms. The normalized spacial score (nSPS) is 14.7. The van der Waals surface area contributed by atoms with E-state index in [4.69, 9.17) is 0 Å². The molecule has 0 unspecified atom stereocenters. The van der Waals surface area contributed by atoms with E-state index < -0.39 is 0 Å². The van der Waals surface area contributed by atoms with Crippen LogP contribution in [0, 0.1) is 0 Å². The van der Waals surface area contributed by atoms with Crippen molar-refractivity contribution in [2.45, 2.75) is 46.0 Å². The molecule has 4 heteroatoms. The second kappa shape index (κ2) is 8.66. The maximum absolute atomic E-state index is 12.3. The van der Waals surface area contributed by atoms with Gasteiger partial charge in [0, 0.05) is 37.6 Å². The second-order valence-electron chi connectivity index (χ2n) is 6.01. The third kappa shape index (κ3) is 4.65. The van der Waals surface area contributed by atoms with E-state index in [0.717, 1.165) is 44.7 Å². The molecule has 1 aliphatic heterocycles. The largest absolute Gasteiger partial charge is 0.372 e. The Labute approximate surface area is 134 Å². The van der Waals surface area contributed by atoms with Crippen LogP contribution >= 0.6 is 0 Å². The van der Waals surface area contributed by atoms with Crippen LogP contribution in [0.1, 0.15) is 46.0 Å². The predicted octanol–water partition coefficient (Wildman–Crippen LogP) is 4.33. The lowest BCUT2D eigenvalue weighted by Gasteiger charge is -2.29. The molecule has 0 spiro atoms. The van der Waals surface area contributed by atoms with E-state index in [2.05, 4.69) is 36.2 Å². The van der Waals surface area contributed by atoms with Crippen LogP contribution in [0.5, 0.6) is 0 Å². The molecule has 1 saturated heterocycles. The van der Waals surface area contributed by atoms with Crippen LogP contribution in [0.4, 0.5) is 16.2 Å². The number of nitrogens with zero attached hydrogens (tertiary/aromatic N) is 2. The van der Waals surface area contributed by atoms with Gasteiger partial charge in [-0.25, -0.2) is 4.79 Å². The molecule has 0 aliphatic carbocycles. The predicted molar refractivity (Wildman–Crippen MR) is 93.7 cm³/mol. The summed E-state index contributed by atoms with van der Waals surface area (Å²) in [5, 5.41) is 3.01. The summed E-state index contributed by atoms with van der Waals surface area (Å²) in [6.45, 7) is 8.11. The molecule has 1 N–H and O–H groups in total. The Morgan fingerprint density at radius 1 is 1.05 bits per heavy atom. The molecule has 0 bridgehead atoms. The quantitative estimate of drug-likeness (QED) is 0.849. The molecule has 122 valence electrons. The molecule has 2 amide bonds. The molecule has 0 aromatic heterocycles. The summed E-state index contributed by atoms with van der Waals surface area (Å²) in [7, 11) is 0. The number of hydrogen-bond donors (Lipinski definition) is 1. The van der Waals surface area contributed by atoms with Gasteiger partial charge in [0.25, 0.3) is 0 Å². The Balaban J connectivity index is 1.93. The zero-order chi connectivity index (χ0) is 15.8. The number of piperidine rings is 1. The van der Waals surface area contributed by atoms with Crippen LogP contribution < -0.4 is 10.2 Å². The van der Waals surface area contributed by atoms with Gasteiger partial charge in [0.1, 0.15) is 0 Å². The summed E-state index contributed by atoms with van der Waals surface area (Å²) in [6, 6.07) is 8.26. The zero-order valence-corrected chi connectivity index (χ0v) is 14.0. The number of hydrogen-bond acceptors (Lipinski definition) is 2. The van der Waals surface area contributed by atoms with Gasteiger partial charge in [-0.2, -0.15) is 0 Å². The average molecular weight is 303 g/mol. The maximum atomic E-state index is 12.3. The van der Waals surface area contributed by atoms with E-state index in [0.29, 0.717) is 0 Å². The minimum atomic E-state index is 0.00872. The van der Waals surface area contributed by atoms with Crippen LogP contribution in [-0.4, -0.2) is 37.1 Å². The summed E-state index contributed by atoms with van der Waals surface area (Å²) in [5.74, 6) is 0. The van der Waals surface area contributed by atoms with E-state index in [1.54, 1.807) is 0 Å². The molecule has 1 fully saturated rings. The van der Waals surface area contributed by atoms with Crippen molar-refractivity contribution in [1.82, 2.24) is 4.90 Å². The van der Waals surface area contributed by atoms with Gasteiger partial charge < -0.3 is 15.1 Å². The molecule has 1 heterocycles. The van der Waals surface area contributed by atoms with Crippen molar-refractivity contribution in [2.24, 2.45) is 0 Å². The van der Waals surface area contributed by atoms with E-state index in [1.807, 2.05) is 17.0 Å². The maximum Gasteiger partial charge on any atom is 0.321 e. The van der Waals surface area contributed by atoms with Gasteiger partial charge in [0.2, 0.25) is 0 Å². The standard InChI is InChI=1S/C18H29N3O/c1-3-12-21(13-4-2)18(22)19-16-8-10-17(11-9-16)20-14-6-5-7-15-20/h8-11H,3-7,12-15H2,1-2H3,(H,19,22). The van der Waals surface area contributed by atoms with E-state index in [9.17, 15) is 4.79 Å². The van der Waals surface area contributed by atoms with Gasteiger partial charge in [-0.05, 0) is 56.4 Å². The van der Waals surface area contributed by atoms with Crippen molar-refractivity contribution < 1.29 is 4.79 Å². The molecule has 1 aromatic rings. The number of amides is 2. The number of carbonyl (C=O) groups excluding carboxylic acids is 1. The first-order chi connectivity index (χ1) is 10.7. The number of benzene rings is 1. The zero-order valence-electron chi connectivity index (χ0n) is 14.0. The Morgan fingerprint density at radius 3 is 2.18 bits per heavy atom. The average Bonchev–Trinajstić information content (AvgIpc) is 2.56. The van der Waals surface area contributed by atoms with Crippen molar-refractivity contribution in [3.05, 3.63) is 24.3 Å². The first-order valence-corrected chi connectivity index (χ1v) is 8.65. The highest BCUT2D eigenvalue weighted by atomic mass is 16.2. The van der Waals surface area contributed by atoms with Gasteiger partial charge in [0.15, 0.2) is 0 Å². The molecule has 0 atom stereocenters. The summed E-state index contributed by atoms with van der Waals surface area (Å²) in [6.07, 6.45) is 5.88. The third-order valence-electron chi connectivity index (χ3n) is 4.11. The fraction of sp³-hybridized carbons (Fsp3) is 0.611. The topological polar surface area (TPSA) is 35.6 Å². The number of nitrogens with one attached hydrogen (secondary N) is 1. The highest BCUT2D eigenvalue weighted by Crippen LogP contribution is 2.22. The minimum absolute atomic E-state index is 0.00872. The lowest BCUT2D eigenvalue weighted by atomic mass is 10.1. The molecule has 2 rings (SSSR count). The molecular weight excluding hydrogens is 274 g/mol. The summed E-state index contributed by atoms with van der Waals surface area (Å²) in [5.41, 5.74) is 2.14. The number of urea groups is 1. The van der Waals surface area contributed by atoms with Crippen LogP contribution in [-0.2, 0) is 0 Å². The summed E-state index contributed by atoms with van der Waals surface area (Å²) in [4.78, 5) is 16.6. The van der Waals surface area contributed by atoms with Crippen LogP contribution in [0.2, 0.25) is 0 Å². The SMILES string of the molecule is CCCN(CCC)C(=O)Nc1ccc(N2CCCCC2)cc1. The monoisotopic (exact) mass is 303 g/mol. The molecular formula is C18H29N3O. The van der Waals surface area contributed by atoms with Gasteiger partial charge in [-0.1, -0.05) is 13.8 Å². The van der Waals surface area contributed by atoms with Crippen LogP contribution in [0.3, 0.4) is 0 Å². The van der Waals surface area contributed by atoms with Gasteiger partial charge in [-0.15, -0.1) is 0 Å². The lowest BCUT2D eigenvalue weighted by molar-refractivity contribution is 0.211. The van der Waals surface area contributed by atoms with Crippen molar-refractivity contribution in [2.75, 3.05) is 36.4 Å². The van der Waals surface area contributed by atoms with E-state index >= 15 is 0 Å². The van der Waals surface area contributed by atoms with Crippen molar-refractivity contribution >= 4 is 17.4 Å². The fourth-order valence-corrected chi connectivity index (χ4v) is 2.96. The van der Waals surface area contributed by atoms with Crippen molar-refractivity contribution in [3.63, 3.8) is 0 Å². The molecule has 1 aromatic carbocycles. The molecule has 0 saturated carbocycles. The smallest absolute Gasteiger partial charge is 0.321 e. The highest BCUT2D eigenvalue weighted by Gasteiger charge is 2.13. The van der Waals surface area contributed by atoms with Crippen molar-refractivity contribution in [1.29, 1.82) is 0 Å². The molecule has 1 aliphatic rings. The Hall–Kier alpha value is -1.71. The lowest BCUT2D eigenvalue weighted by Crippen LogP contribution is -2.36. The Kier molecular flexibility index (Phi) is 6.56. The highest BCUT2D eigenvalue weighted by molar-refractivity contribution is 5.89. The van der Waals surface area contributed by atoms with E-state index in [1.165, 1.54) is 24.9 Å². The number of anilines is 2.